The molecular weight excluding hydrogens is 279 g/mol. The summed E-state index contributed by atoms with van der Waals surface area (Å²) in [5.74, 6) is -0.207. The van der Waals surface area contributed by atoms with Crippen molar-refractivity contribution < 1.29 is 18.0 Å². The van der Waals surface area contributed by atoms with Crippen LogP contribution in [0.3, 0.4) is 0 Å². The zero-order chi connectivity index (χ0) is 15.7. The van der Waals surface area contributed by atoms with Crippen LogP contribution in [0.1, 0.15) is 45.1 Å². The number of alkyl halides is 3. The highest BCUT2D eigenvalue weighted by atomic mass is 19.4. The van der Waals surface area contributed by atoms with E-state index in [1.165, 1.54) is 0 Å². The molecule has 2 nitrogen and oxygen atoms in total. The van der Waals surface area contributed by atoms with Crippen molar-refractivity contribution in [2.24, 2.45) is 0 Å². The molecular formula is C16H20F3NO. The van der Waals surface area contributed by atoms with Crippen molar-refractivity contribution in [3.05, 3.63) is 29.8 Å². The molecule has 1 aromatic rings. The fourth-order valence-corrected chi connectivity index (χ4v) is 2.87. The van der Waals surface area contributed by atoms with Gasteiger partial charge in [-0.25, -0.2) is 0 Å². The minimum Gasteiger partial charge on any atom is -0.311 e. The third-order valence-electron chi connectivity index (χ3n) is 4.15. The summed E-state index contributed by atoms with van der Waals surface area (Å²) in [4.78, 5) is 14.3. The van der Waals surface area contributed by atoms with Crippen molar-refractivity contribution in [2.45, 2.75) is 51.1 Å². The maximum absolute atomic E-state index is 12.7. The van der Waals surface area contributed by atoms with Gasteiger partial charge in [-0.15, -0.1) is 0 Å². The van der Waals surface area contributed by atoms with Crippen molar-refractivity contribution >= 4 is 11.6 Å². The molecule has 0 saturated carbocycles. The fraction of sp³-hybridized carbons (Fsp3) is 0.562. The molecule has 2 rings (SSSR count). The van der Waals surface area contributed by atoms with Gasteiger partial charge >= 0.3 is 6.18 Å². The van der Waals surface area contributed by atoms with Gasteiger partial charge < -0.3 is 4.90 Å². The normalized spacial score (nSPS) is 21.8. The predicted octanol–water partition coefficient (Wildman–Crippen LogP) is 4.43. The van der Waals surface area contributed by atoms with Crippen LogP contribution in [0.4, 0.5) is 18.9 Å². The number of halogens is 3. The standard InChI is InChI=1S/C16H20F3NO/c1-3-4-11-20-13-8-6-5-7-12(13)15(2,14(20)21)9-10-16(17,18)19/h5-8H,3-4,9-11H2,1-2H3. The van der Waals surface area contributed by atoms with Crippen LogP contribution in [0, 0.1) is 0 Å². The lowest BCUT2D eigenvalue weighted by molar-refractivity contribution is -0.141. The molecule has 1 atom stereocenters. The molecule has 0 aromatic heterocycles. The van der Waals surface area contributed by atoms with Gasteiger partial charge in [-0.3, -0.25) is 4.79 Å². The zero-order valence-electron chi connectivity index (χ0n) is 12.3. The van der Waals surface area contributed by atoms with Crippen molar-refractivity contribution in [3.63, 3.8) is 0 Å². The molecule has 0 radical (unpaired) electrons. The van der Waals surface area contributed by atoms with Gasteiger partial charge in [0, 0.05) is 18.7 Å². The Kier molecular flexibility index (Phi) is 4.30. The molecule has 0 fully saturated rings. The van der Waals surface area contributed by atoms with E-state index in [2.05, 4.69) is 0 Å². The average molecular weight is 299 g/mol. The Bertz CT molecular complexity index is 526. The molecule has 0 bridgehead atoms. The van der Waals surface area contributed by atoms with E-state index in [0.717, 1.165) is 24.1 Å². The van der Waals surface area contributed by atoms with Crippen LogP contribution < -0.4 is 4.90 Å². The third-order valence-corrected chi connectivity index (χ3v) is 4.15. The van der Waals surface area contributed by atoms with E-state index in [1.807, 2.05) is 19.1 Å². The van der Waals surface area contributed by atoms with E-state index in [9.17, 15) is 18.0 Å². The second-order valence-electron chi connectivity index (χ2n) is 5.77. The van der Waals surface area contributed by atoms with E-state index in [1.54, 1.807) is 24.0 Å². The summed E-state index contributed by atoms with van der Waals surface area (Å²) in [6, 6.07) is 7.19. The Balaban J connectivity index is 2.32. The molecule has 0 N–H and O–H groups in total. The lowest BCUT2D eigenvalue weighted by Crippen LogP contribution is -2.39. The van der Waals surface area contributed by atoms with E-state index in [4.69, 9.17) is 0 Å². The van der Waals surface area contributed by atoms with Crippen LogP contribution in [0.15, 0.2) is 24.3 Å². The van der Waals surface area contributed by atoms with Crippen LogP contribution in [-0.2, 0) is 10.2 Å². The summed E-state index contributed by atoms with van der Waals surface area (Å²) in [5, 5.41) is 0. The van der Waals surface area contributed by atoms with E-state index in [0.29, 0.717) is 6.54 Å². The summed E-state index contributed by atoms with van der Waals surface area (Å²) in [7, 11) is 0. The van der Waals surface area contributed by atoms with Crippen LogP contribution in [-0.4, -0.2) is 18.6 Å². The van der Waals surface area contributed by atoms with Gasteiger partial charge in [-0.2, -0.15) is 13.2 Å². The largest absolute Gasteiger partial charge is 0.389 e. The Morgan fingerprint density at radius 3 is 2.52 bits per heavy atom. The monoisotopic (exact) mass is 299 g/mol. The van der Waals surface area contributed by atoms with E-state index >= 15 is 0 Å². The maximum atomic E-state index is 12.7. The molecule has 21 heavy (non-hydrogen) atoms. The van der Waals surface area contributed by atoms with Gasteiger partial charge in [-0.05, 0) is 31.4 Å². The van der Waals surface area contributed by atoms with Crippen molar-refractivity contribution in [1.29, 1.82) is 0 Å². The Labute approximate surface area is 122 Å². The Hall–Kier alpha value is -1.52. The summed E-state index contributed by atoms with van der Waals surface area (Å²) in [5.41, 5.74) is 0.413. The van der Waals surface area contributed by atoms with Crippen molar-refractivity contribution in [2.75, 3.05) is 11.4 Å². The number of anilines is 1. The summed E-state index contributed by atoms with van der Waals surface area (Å²) in [6.07, 6.45) is -3.60. The van der Waals surface area contributed by atoms with Crippen LogP contribution in [0.5, 0.6) is 0 Å². The van der Waals surface area contributed by atoms with Crippen LogP contribution in [0.2, 0.25) is 0 Å². The highest BCUT2D eigenvalue weighted by molar-refractivity contribution is 6.07. The average Bonchev–Trinajstić information content (AvgIpc) is 2.64. The number of benzene rings is 1. The molecule has 0 saturated heterocycles. The summed E-state index contributed by atoms with van der Waals surface area (Å²) >= 11 is 0. The molecule has 1 heterocycles. The predicted molar refractivity (Wildman–Crippen MR) is 76.3 cm³/mol. The smallest absolute Gasteiger partial charge is 0.311 e. The molecule has 1 unspecified atom stereocenters. The first-order valence-corrected chi connectivity index (χ1v) is 7.28. The van der Waals surface area contributed by atoms with Gasteiger partial charge in [0.1, 0.15) is 0 Å². The number of hydrogen-bond donors (Lipinski definition) is 0. The van der Waals surface area contributed by atoms with Gasteiger partial charge in [0.15, 0.2) is 0 Å². The molecule has 0 spiro atoms. The van der Waals surface area contributed by atoms with Gasteiger partial charge in [0.25, 0.3) is 0 Å². The molecule has 116 valence electrons. The fourth-order valence-electron chi connectivity index (χ4n) is 2.87. The second-order valence-corrected chi connectivity index (χ2v) is 5.77. The molecule has 1 aromatic carbocycles. The molecule has 1 aliphatic heterocycles. The van der Waals surface area contributed by atoms with Gasteiger partial charge in [0.2, 0.25) is 5.91 Å². The maximum Gasteiger partial charge on any atom is 0.389 e. The first-order chi connectivity index (χ1) is 9.79. The highest BCUT2D eigenvalue weighted by Crippen LogP contribution is 2.45. The zero-order valence-corrected chi connectivity index (χ0v) is 12.3. The minimum atomic E-state index is -4.24. The lowest BCUT2D eigenvalue weighted by atomic mass is 9.79. The van der Waals surface area contributed by atoms with Crippen molar-refractivity contribution in [1.82, 2.24) is 0 Å². The summed E-state index contributed by atoms with van der Waals surface area (Å²) < 4.78 is 37.7. The lowest BCUT2D eigenvalue weighted by Gasteiger charge is -2.25. The van der Waals surface area contributed by atoms with E-state index in [-0.39, 0.29) is 12.3 Å². The summed E-state index contributed by atoms with van der Waals surface area (Å²) in [6.45, 7) is 4.22. The van der Waals surface area contributed by atoms with Gasteiger partial charge in [-0.1, -0.05) is 31.5 Å². The topological polar surface area (TPSA) is 20.3 Å². The second kappa shape index (κ2) is 5.70. The molecule has 1 aliphatic rings. The van der Waals surface area contributed by atoms with Crippen molar-refractivity contribution in [3.8, 4) is 0 Å². The number of carbonyl (C=O) groups is 1. The van der Waals surface area contributed by atoms with E-state index < -0.39 is 18.0 Å². The minimum absolute atomic E-state index is 0.199. The molecule has 0 aliphatic carbocycles. The first kappa shape index (κ1) is 15.9. The number of unbranched alkanes of at least 4 members (excludes halogenated alkanes) is 1. The number of hydrogen-bond acceptors (Lipinski definition) is 1. The SMILES string of the molecule is CCCCN1C(=O)C(C)(CCC(F)(F)F)c2ccccc21. The van der Waals surface area contributed by atoms with Crippen LogP contribution >= 0.6 is 0 Å². The number of fused-ring (bicyclic) bond motifs is 1. The quantitative estimate of drug-likeness (QED) is 0.787. The number of carbonyl (C=O) groups excluding carboxylic acids is 1. The number of nitrogens with zero attached hydrogens (tertiary/aromatic N) is 1. The number of amides is 1. The highest BCUT2D eigenvalue weighted by Gasteiger charge is 2.48. The number of rotatable bonds is 5. The first-order valence-electron chi connectivity index (χ1n) is 7.28. The Morgan fingerprint density at radius 1 is 1.24 bits per heavy atom. The number of para-hydroxylation sites is 1. The van der Waals surface area contributed by atoms with Crippen LogP contribution in [0.25, 0.3) is 0 Å². The Morgan fingerprint density at radius 2 is 1.90 bits per heavy atom. The molecule has 1 amide bonds. The third kappa shape index (κ3) is 3.06. The molecule has 5 heteroatoms. The van der Waals surface area contributed by atoms with Gasteiger partial charge in [0.05, 0.1) is 5.41 Å².